The second kappa shape index (κ2) is 7.40. The molecule has 0 aliphatic rings. The van der Waals surface area contributed by atoms with Crippen LogP contribution in [0.4, 0.5) is 21.3 Å². The van der Waals surface area contributed by atoms with Crippen molar-refractivity contribution in [3.63, 3.8) is 0 Å². The molecular weight excluding hydrogens is 352 g/mol. The molecule has 0 aliphatic carbocycles. The average Bonchev–Trinajstić information content (AvgIpc) is 2.95. The average molecular weight is 370 g/mol. The predicted molar refractivity (Wildman–Crippen MR) is 104 cm³/mol. The number of fused-ring (bicyclic) bond motifs is 1. The molecule has 0 spiro atoms. The number of hydrogen-bond acceptors (Lipinski definition) is 5. The fourth-order valence-electron chi connectivity index (χ4n) is 2.41. The lowest BCUT2D eigenvalue weighted by Crippen LogP contribution is -2.19. The number of nitrogens with zero attached hydrogens (tertiary/aromatic N) is 1. The van der Waals surface area contributed by atoms with Gasteiger partial charge in [-0.3, -0.25) is 4.79 Å². The lowest BCUT2D eigenvalue weighted by Gasteiger charge is -2.12. The Morgan fingerprint density at radius 2 is 1.88 bits per heavy atom. The number of carbonyl (C=O) groups excluding carboxylic acids is 2. The molecule has 0 atom stereocenters. The highest BCUT2D eigenvalue weighted by atomic mass is 32.1. The third kappa shape index (κ3) is 4.09. The lowest BCUT2D eigenvalue weighted by atomic mass is 10.2. The highest BCUT2D eigenvalue weighted by molar-refractivity contribution is 7.22. The highest BCUT2D eigenvalue weighted by Crippen LogP contribution is 2.29. The Morgan fingerprint density at radius 1 is 1.08 bits per heavy atom. The van der Waals surface area contributed by atoms with Gasteiger partial charge in [0.1, 0.15) is 5.75 Å². The van der Waals surface area contributed by atoms with Crippen molar-refractivity contribution in [2.24, 2.45) is 0 Å². The van der Waals surface area contributed by atoms with Crippen LogP contribution in [0.1, 0.15) is 12.5 Å². The number of nitrogens with one attached hydrogen (secondary N) is 3. The zero-order valence-corrected chi connectivity index (χ0v) is 15.4. The van der Waals surface area contributed by atoms with E-state index in [0.717, 1.165) is 15.8 Å². The fraction of sp³-hybridized carbons (Fsp3) is 0.167. The maximum Gasteiger partial charge on any atom is 0.323 e. The van der Waals surface area contributed by atoms with E-state index in [2.05, 4.69) is 20.9 Å². The van der Waals surface area contributed by atoms with Crippen molar-refractivity contribution in [2.45, 2.75) is 13.8 Å². The van der Waals surface area contributed by atoms with Gasteiger partial charge in [-0.2, -0.15) is 0 Å². The summed E-state index contributed by atoms with van der Waals surface area (Å²) >= 11 is 1.34. The Kier molecular flexibility index (Phi) is 5.04. The van der Waals surface area contributed by atoms with Crippen LogP contribution in [-0.2, 0) is 4.79 Å². The molecule has 26 heavy (non-hydrogen) atoms. The summed E-state index contributed by atoms with van der Waals surface area (Å²) < 4.78 is 6.12. The molecule has 0 saturated carbocycles. The Balaban J connectivity index is 1.75. The number of rotatable bonds is 4. The van der Waals surface area contributed by atoms with Gasteiger partial charge in [-0.15, -0.1) is 0 Å². The molecule has 0 aliphatic heterocycles. The van der Waals surface area contributed by atoms with Crippen molar-refractivity contribution in [3.8, 4) is 5.75 Å². The second-order valence-electron chi connectivity index (χ2n) is 5.67. The molecule has 0 saturated heterocycles. The summed E-state index contributed by atoms with van der Waals surface area (Å²) in [6, 6.07) is 10.5. The quantitative estimate of drug-likeness (QED) is 0.641. The number of carbonyl (C=O) groups is 2. The fourth-order valence-corrected chi connectivity index (χ4v) is 3.36. The van der Waals surface area contributed by atoms with Crippen LogP contribution in [0.5, 0.6) is 5.75 Å². The van der Waals surface area contributed by atoms with Gasteiger partial charge in [-0.05, 0) is 42.8 Å². The highest BCUT2D eigenvalue weighted by Gasteiger charge is 2.10. The molecule has 7 nitrogen and oxygen atoms in total. The summed E-state index contributed by atoms with van der Waals surface area (Å²) in [5.74, 6) is 0.414. The van der Waals surface area contributed by atoms with E-state index in [-0.39, 0.29) is 11.9 Å². The van der Waals surface area contributed by atoms with Crippen LogP contribution in [0.2, 0.25) is 0 Å². The molecule has 0 bridgehead atoms. The van der Waals surface area contributed by atoms with E-state index in [1.54, 1.807) is 25.3 Å². The number of thiazole rings is 1. The van der Waals surface area contributed by atoms with Crippen molar-refractivity contribution in [1.82, 2.24) is 4.98 Å². The first kappa shape index (κ1) is 17.7. The molecule has 3 amide bonds. The van der Waals surface area contributed by atoms with E-state index in [9.17, 15) is 9.59 Å². The van der Waals surface area contributed by atoms with Crippen molar-refractivity contribution < 1.29 is 14.3 Å². The van der Waals surface area contributed by atoms with E-state index in [1.807, 2.05) is 25.1 Å². The molecule has 0 radical (unpaired) electrons. The molecule has 3 N–H and O–H groups in total. The summed E-state index contributed by atoms with van der Waals surface area (Å²) in [7, 11) is 1.55. The zero-order valence-electron chi connectivity index (χ0n) is 14.5. The number of aromatic nitrogens is 1. The molecule has 0 fully saturated rings. The van der Waals surface area contributed by atoms with E-state index in [4.69, 9.17) is 4.74 Å². The summed E-state index contributed by atoms with van der Waals surface area (Å²) in [6.07, 6.45) is 0. The normalized spacial score (nSPS) is 10.4. The van der Waals surface area contributed by atoms with Crippen molar-refractivity contribution in [2.75, 3.05) is 23.1 Å². The monoisotopic (exact) mass is 370 g/mol. The Bertz CT molecular complexity index is 984. The number of hydrogen-bond donors (Lipinski definition) is 3. The molecule has 1 heterocycles. The summed E-state index contributed by atoms with van der Waals surface area (Å²) in [5, 5.41) is 8.76. The van der Waals surface area contributed by atoms with E-state index >= 15 is 0 Å². The maximum atomic E-state index is 12.3. The molecule has 3 rings (SSSR count). The van der Waals surface area contributed by atoms with Crippen LogP contribution in [0, 0.1) is 6.92 Å². The first-order chi connectivity index (χ1) is 12.4. The van der Waals surface area contributed by atoms with Gasteiger partial charge in [-0.1, -0.05) is 17.4 Å². The van der Waals surface area contributed by atoms with Crippen LogP contribution in [0.25, 0.3) is 10.2 Å². The zero-order chi connectivity index (χ0) is 18.7. The predicted octanol–water partition coefficient (Wildman–Crippen LogP) is 4.22. The van der Waals surface area contributed by atoms with E-state index in [1.165, 1.54) is 18.3 Å². The SMILES string of the molecule is COc1ccc(C)cc1NC(=O)Nc1ccc2nc(NC(C)=O)sc2c1. The standard InChI is InChI=1S/C18H18N4O3S/c1-10-4-7-15(25-3)14(8-10)21-17(24)20-12-5-6-13-16(9-12)26-18(22-13)19-11(2)23/h4-9H,1-3H3,(H,19,22,23)(H2,20,21,24). The van der Waals surface area contributed by atoms with Gasteiger partial charge in [0, 0.05) is 12.6 Å². The van der Waals surface area contributed by atoms with Crippen molar-refractivity contribution in [1.29, 1.82) is 0 Å². The lowest BCUT2D eigenvalue weighted by molar-refractivity contribution is -0.114. The maximum absolute atomic E-state index is 12.3. The van der Waals surface area contributed by atoms with Crippen molar-refractivity contribution in [3.05, 3.63) is 42.0 Å². The molecule has 1 aromatic heterocycles. The number of methoxy groups -OCH3 is 1. The smallest absolute Gasteiger partial charge is 0.323 e. The first-order valence-corrected chi connectivity index (χ1v) is 8.67. The van der Waals surface area contributed by atoms with Gasteiger partial charge >= 0.3 is 6.03 Å². The number of amides is 3. The van der Waals surface area contributed by atoms with Gasteiger partial charge in [0.15, 0.2) is 5.13 Å². The van der Waals surface area contributed by atoms with Gasteiger partial charge < -0.3 is 20.7 Å². The molecule has 8 heteroatoms. The van der Waals surface area contributed by atoms with Crippen LogP contribution in [0.15, 0.2) is 36.4 Å². The van der Waals surface area contributed by atoms with Crippen LogP contribution in [0.3, 0.4) is 0 Å². The molecule has 0 unspecified atom stereocenters. The number of aryl methyl sites for hydroxylation is 1. The van der Waals surface area contributed by atoms with Crippen molar-refractivity contribution >= 4 is 50.0 Å². The minimum absolute atomic E-state index is 0.172. The topological polar surface area (TPSA) is 92.3 Å². The third-order valence-electron chi connectivity index (χ3n) is 3.53. The van der Waals surface area contributed by atoms with Crippen LogP contribution >= 0.6 is 11.3 Å². The summed E-state index contributed by atoms with van der Waals surface area (Å²) in [5.41, 5.74) is 2.99. The van der Waals surface area contributed by atoms with Gasteiger partial charge in [0.2, 0.25) is 5.91 Å². The molecular formula is C18H18N4O3S. The largest absolute Gasteiger partial charge is 0.495 e. The van der Waals surface area contributed by atoms with Gasteiger partial charge in [-0.25, -0.2) is 9.78 Å². The third-order valence-corrected chi connectivity index (χ3v) is 4.47. The number of anilines is 3. The van der Waals surface area contributed by atoms with E-state index in [0.29, 0.717) is 22.3 Å². The number of ether oxygens (including phenoxy) is 1. The van der Waals surface area contributed by atoms with E-state index < -0.39 is 0 Å². The summed E-state index contributed by atoms with van der Waals surface area (Å²) in [4.78, 5) is 27.7. The Morgan fingerprint density at radius 3 is 2.62 bits per heavy atom. The van der Waals surface area contributed by atoms with Crippen LogP contribution in [-0.4, -0.2) is 24.0 Å². The minimum atomic E-state index is -0.375. The Labute approximate surface area is 154 Å². The Hall–Kier alpha value is -3.13. The molecule has 2 aromatic carbocycles. The minimum Gasteiger partial charge on any atom is -0.495 e. The molecule has 3 aromatic rings. The van der Waals surface area contributed by atoms with Gasteiger partial charge in [0.25, 0.3) is 0 Å². The molecule has 134 valence electrons. The number of benzene rings is 2. The summed E-state index contributed by atoms with van der Waals surface area (Å²) in [6.45, 7) is 3.37. The van der Waals surface area contributed by atoms with Crippen LogP contribution < -0.4 is 20.7 Å². The van der Waals surface area contributed by atoms with Gasteiger partial charge in [0.05, 0.1) is 23.0 Å². The number of urea groups is 1. The second-order valence-corrected chi connectivity index (χ2v) is 6.70. The first-order valence-electron chi connectivity index (χ1n) is 7.85.